The first-order chi connectivity index (χ1) is 13.5. The van der Waals surface area contributed by atoms with Gasteiger partial charge in [0, 0.05) is 33.1 Å². The van der Waals surface area contributed by atoms with Crippen LogP contribution in [0.15, 0.2) is 29.1 Å². The molecular formula is C21H26N2O4S. The van der Waals surface area contributed by atoms with E-state index in [1.807, 2.05) is 24.3 Å². The molecule has 2 heterocycles. The fourth-order valence-electron chi connectivity index (χ4n) is 3.14. The molecule has 0 radical (unpaired) electrons. The zero-order valence-corrected chi connectivity index (χ0v) is 17.6. The number of carbonyl (C=O) groups is 1. The molecule has 1 aromatic carbocycles. The van der Waals surface area contributed by atoms with Crippen molar-refractivity contribution in [3.63, 3.8) is 0 Å². The van der Waals surface area contributed by atoms with Gasteiger partial charge in [-0.3, -0.25) is 9.59 Å². The first kappa shape index (κ1) is 20.4. The Morgan fingerprint density at radius 3 is 2.71 bits per heavy atom. The molecule has 28 heavy (non-hydrogen) atoms. The minimum atomic E-state index is -0.157. The number of unbranched alkanes of at least 4 members (excludes halogenated alkanes) is 1. The van der Waals surface area contributed by atoms with Gasteiger partial charge in [0.25, 0.3) is 11.5 Å². The Balaban J connectivity index is 2.23. The number of hydrogen-bond donors (Lipinski definition) is 0. The second-order valence-corrected chi connectivity index (χ2v) is 7.79. The van der Waals surface area contributed by atoms with Crippen molar-refractivity contribution >= 4 is 38.2 Å². The summed E-state index contributed by atoms with van der Waals surface area (Å²) in [5.74, 6) is 0.255. The van der Waals surface area contributed by atoms with Gasteiger partial charge >= 0.3 is 0 Å². The summed E-state index contributed by atoms with van der Waals surface area (Å²) in [6, 6.07) is 7.74. The molecule has 0 bridgehead atoms. The number of rotatable bonds is 8. The van der Waals surface area contributed by atoms with E-state index in [0.29, 0.717) is 35.8 Å². The zero-order valence-electron chi connectivity index (χ0n) is 16.8. The van der Waals surface area contributed by atoms with E-state index in [1.165, 1.54) is 11.3 Å². The first-order valence-electron chi connectivity index (χ1n) is 9.42. The molecule has 1 amide bonds. The van der Waals surface area contributed by atoms with Gasteiger partial charge < -0.3 is 18.9 Å². The predicted octanol–water partition coefficient (Wildman–Crippen LogP) is 3.65. The number of benzene rings is 1. The molecule has 2 aromatic heterocycles. The maximum Gasteiger partial charge on any atom is 0.267 e. The van der Waals surface area contributed by atoms with Crippen molar-refractivity contribution in [3.05, 3.63) is 39.5 Å². The summed E-state index contributed by atoms with van der Waals surface area (Å²) >= 11 is 1.33. The number of likely N-dealkylation sites (N-methyl/N-ethyl adjacent to an activating group) is 1. The van der Waals surface area contributed by atoms with Gasteiger partial charge in [-0.1, -0.05) is 31.5 Å². The van der Waals surface area contributed by atoms with Crippen molar-refractivity contribution in [2.45, 2.75) is 19.8 Å². The van der Waals surface area contributed by atoms with Crippen LogP contribution in [0.4, 0.5) is 0 Å². The zero-order chi connectivity index (χ0) is 20.3. The third-order valence-corrected chi connectivity index (χ3v) is 6.00. The largest absolute Gasteiger partial charge is 0.491 e. The van der Waals surface area contributed by atoms with Gasteiger partial charge in [-0.2, -0.15) is 0 Å². The number of hydrogen-bond acceptors (Lipinski definition) is 5. The van der Waals surface area contributed by atoms with Gasteiger partial charge in [0.05, 0.1) is 23.4 Å². The number of thiophene rings is 1. The van der Waals surface area contributed by atoms with Crippen LogP contribution in [-0.4, -0.2) is 49.3 Å². The normalized spacial score (nSPS) is 11.3. The maximum absolute atomic E-state index is 13.1. The van der Waals surface area contributed by atoms with Gasteiger partial charge in [-0.25, -0.2) is 0 Å². The smallest absolute Gasteiger partial charge is 0.267 e. The highest BCUT2D eigenvalue weighted by atomic mass is 32.1. The third-order valence-electron chi connectivity index (χ3n) is 4.81. The van der Waals surface area contributed by atoms with Gasteiger partial charge in [0.2, 0.25) is 0 Å². The predicted molar refractivity (Wildman–Crippen MR) is 114 cm³/mol. The lowest BCUT2D eigenvalue weighted by Gasteiger charge is -2.16. The summed E-state index contributed by atoms with van der Waals surface area (Å²) in [6.07, 6.45) is 1.83. The van der Waals surface area contributed by atoms with Crippen molar-refractivity contribution in [2.75, 3.05) is 33.9 Å². The molecule has 0 unspecified atom stereocenters. The lowest BCUT2D eigenvalue weighted by Crippen LogP contribution is -2.29. The van der Waals surface area contributed by atoms with Crippen LogP contribution in [0.2, 0.25) is 0 Å². The first-order valence-corrected chi connectivity index (χ1v) is 10.2. The number of amides is 1. The molecule has 3 aromatic rings. The van der Waals surface area contributed by atoms with E-state index < -0.39 is 0 Å². The van der Waals surface area contributed by atoms with Gasteiger partial charge in [-0.15, -0.1) is 11.3 Å². The molecule has 0 saturated carbocycles. The van der Waals surface area contributed by atoms with E-state index in [1.54, 1.807) is 30.7 Å². The minimum Gasteiger partial charge on any atom is -0.491 e. The number of pyridine rings is 1. The van der Waals surface area contributed by atoms with Crippen molar-refractivity contribution in [1.29, 1.82) is 0 Å². The highest BCUT2D eigenvalue weighted by Gasteiger charge is 2.26. The van der Waals surface area contributed by atoms with E-state index in [0.717, 1.165) is 28.4 Å². The van der Waals surface area contributed by atoms with Crippen LogP contribution in [0, 0.1) is 0 Å². The molecule has 6 nitrogen and oxygen atoms in total. The number of aromatic nitrogens is 1. The Morgan fingerprint density at radius 2 is 2.00 bits per heavy atom. The van der Waals surface area contributed by atoms with Crippen LogP contribution >= 0.6 is 11.3 Å². The lowest BCUT2D eigenvalue weighted by atomic mass is 10.1. The van der Waals surface area contributed by atoms with Crippen molar-refractivity contribution in [1.82, 2.24) is 9.47 Å². The van der Waals surface area contributed by atoms with Crippen LogP contribution in [0.1, 0.15) is 29.4 Å². The van der Waals surface area contributed by atoms with E-state index in [4.69, 9.17) is 9.47 Å². The van der Waals surface area contributed by atoms with Gasteiger partial charge in [0.15, 0.2) is 5.75 Å². The topological polar surface area (TPSA) is 60.8 Å². The number of aryl methyl sites for hydroxylation is 1. The molecule has 0 aliphatic heterocycles. The quantitative estimate of drug-likeness (QED) is 0.540. The SMILES string of the molecule is CCCCOc1c(C(=O)N(C)CCOC)sc2c1c(=O)n(C)c1ccccc21. The van der Waals surface area contributed by atoms with Crippen molar-refractivity contribution < 1.29 is 14.3 Å². The molecule has 150 valence electrons. The Labute approximate surface area is 168 Å². The summed E-state index contributed by atoms with van der Waals surface area (Å²) < 4.78 is 13.5. The molecule has 3 rings (SSSR count). The molecule has 7 heteroatoms. The lowest BCUT2D eigenvalue weighted by molar-refractivity contribution is 0.0745. The standard InChI is InChI=1S/C21H26N2O4S/c1-5-6-12-27-17-16-18(28-19(17)21(25)22(2)11-13-26-4)14-9-7-8-10-15(14)23(3)20(16)24/h7-10H,5-6,11-13H2,1-4H3. The maximum atomic E-state index is 13.1. The molecule has 0 spiro atoms. The van der Waals surface area contributed by atoms with Gasteiger partial charge in [0.1, 0.15) is 10.3 Å². The highest BCUT2D eigenvalue weighted by molar-refractivity contribution is 7.22. The summed E-state index contributed by atoms with van der Waals surface area (Å²) in [5, 5.41) is 1.44. The Hall–Kier alpha value is -2.38. The Kier molecular flexibility index (Phi) is 6.36. The molecule has 0 aliphatic carbocycles. The molecule has 0 saturated heterocycles. The van der Waals surface area contributed by atoms with Crippen LogP contribution in [-0.2, 0) is 11.8 Å². The van der Waals surface area contributed by atoms with E-state index in [-0.39, 0.29) is 11.5 Å². The van der Waals surface area contributed by atoms with Gasteiger partial charge in [-0.05, 0) is 12.5 Å². The number of ether oxygens (including phenoxy) is 2. The average Bonchev–Trinajstić information content (AvgIpc) is 3.09. The number of nitrogens with zero attached hydrogens (tertiary/aromatic N) is 2. The summed E-state index contributed by atoms with van der Waals surface area (Å²) in [7, 11) is 5.09. The molecule has 0 fully saturated rings. The van der Waals surface area contributed by atoms with E-state index >= 15 is 0 Å². The number of para-hydroxylation sites is 1. The number of methoxy groups -OCH3 is 1. The van der Waals surface area contributed by atoms with Crippen LogP contribution in [0.3, 0.4) is 0 Å². The molecular weight excluding hydrogens is 376 g/mol. The molecule has 0 N–H and O–H groups in total. The van der Waals surface area contributed by atoms with Crippen molar-refractivity contribution in [3.8, 4) is 5.75 Å². The average molecular weight is 403 g/mol. The monoisotopic (exact) mass is 402 g/mol. The fraction of sp³-hybridized carbons (Fsp3) is 0.429. The summed E-state index contributed by atoms with van der Waals surface area (Å²) in [5.41, 5.74) is 0.697. The molecule has 0 aliphatic rings. The second-order valence-electron chi connectivity index (χ2n) is 6.77. The minimum absolute atomic E-state index is 0.143. The van der Waals surface area contributed by atoms with Crippen LogP contribution in [0.5, 0.6) is 5.75 Å². The Bertz CT molecular complexity index is 1050. The van der Waals surface area contributed by atoms with E-state index in [2.05, 4.69) is 6.92 Å². The Morgan fingerprint density at radius 1 is 1.25 bits per heavy atom. The van der Waals surface area contributed by atoms with Crippen molar-refractivity contribution in [2.24, 2.45) is 7.05 Å². The van der Waals surface area contributed by atoms with E-state index in [9.17, 15) is 9.59 Å². The number of fused-ring (bicyclic) bond motifs is 3. The summed E-state index contributed by atoms with van der Waals surface area (Å²) in [4.78, 5) is 28.3. The van der Waals surface area contributed by atoms with Crippen LogP contribution in [0.25, 0.3) is 21.0 Å². The highest BCUT2D eigenvalue weighted by Crippen LogP contribution is 2.40. The molecule has 0 atom stereocenters. The summed E-state index contributed by atoms with van der Waals surface area (Å²) in [6.45, 7) is 3.47. The fourth-order valence-corrected chi connectivity index (χ4v) is 4.40. The number of carbonyl (C=O) groups excluding carboxylic acids is 1. The third kappa shape index (κ3) is 3.64. The van der Waals surface area contributed by atoms with Crippen LogP contribution < -0.4 is 10.3 Å². The second kappa shape index (κ2) is 8.75.